The van der Waals surface area contributed by atoms with Crippen LogP contribution in [0.15, 0.2) is 109 Å². The van der Waals surface area contributed by atoms with E-state index < -0.39 is 6.10 Å². The number of hydrogen-bond acceptors (Lipinski definition) is 6. The van der Waals surface area contributed by atoms with Crippen LogP contribution in [-0.2, 0) is 28.6 Å². The van der Waals surface area contributed by atoms with Crippen molar-refractivity contribution in [3.05, 3.63) is 109 Å². The van der Waals surface area contributed by atoms with E-state index in [4.69, 9.17) is 14.2 Å². The van der Waals surface area contributed by atoms with Crippen LogP contribution in [0.2, 0.25) is 0 Å². The van der Waals surface area contributed by atoms with E-state index in [1.54, 1.807) is 0 Å². The first-order valence-electron chi connectivity index (χ1n) is 32.4. The van der Waals surface area contributed by atoms with Crippen molar-refractivity contribution in [2.75, 3.05) is 13.2 Å². The fraction of sp³-hybridized carbons (Fsp3) is 0.704. The van der Waals surface area contributed by atoms with Gasteiger partial charge in [0.2, 0.25) is 0 Å². The SMILES string of the molecule is CC/C=C\C/C=C\C/C=C\C/C=C\C/C=C\CCCCCC(=O)OC(COC(=O)CCCCCCC/C=C\C/C=C\C/C=C\CC)COC(=O)CCCCCCCCCCCCCCC/C=C\CCCCCCCCCC. The molecule has 0 radical (unpaired) electrons. The van der Waals surface area contributed by atoms with Crippen molar-refractivity contribution in [3.8, 4) is 0 Å². The number of ether oxygens (including phenoxy) is 3. The third-order valence-electron chi connectivity index (χ3n) is 13.7. The average Bonchev–Trinajstić information content (AvgIpc) is 3.43. The van der Waals surface area contributed by atoms with Gasteiger partial charge in [-0.1, -0.05) is 271 Å². The van der Waals surface area contributed by atoms with Gasteiger partial charge in [-0.25, -0.2) is 0 Å². The quantitative estimate of drug-likeness (QED) is 0.0261. The monoisotopic (exact) mass is 1070 g/mol. The molecule has 0 aromatic rings. The third-order valence-corrected chi connectivity index (χ3v) is 13.7. The molecule has 6 nitrogen and oxygen atoms in total. The lowest BCUT2D eigenvalue weighted by Crippen LogP contribution is -2.30. The molecule has 0 aliphatic heterocycles. The van der Waals surface area contributed by atoms with Crippen LogP contribution in [0, 0.1) is 0 Å². The van der Waals surface area contributed by atoms with Crippen LogP contribution in [-0.4, -0.2) is 37.2 Å². The van der Waals surface area contributed by atoms with Gasteiger partial charge >= 0.3 is 17.9 Å². The van der Waals surface area contributed by atoms with E-state index in [1.165, 1.54) is 128 Å². The summed E-state index contributed by atoms with van der Waals surface area (Å²) in [5.41, 5.74) is 0. The molecule has 440 valence electrons. The highest BCUT2D eigenvalue weighted by molar-refractivity contribution is 5.71. The molecule has 0 rings (SSSR count). The van der Waals surface area contributed by atoms with Crippen molar-refractivity contribution >= 4 is 17.9 Å². The van der Waals surface area contributed by atoms with Crippen molar-refractivity contribution in [1.82, 2.24) is 0 Å². The largest absolute Gasteiger partial charge is 0.462 e. The first kappa shape index (κ1) is 73.1. The summed E-state index contributed by atoms with van der Waals surface area (Å²) in [6.07, 6.45) is 88.2. The highest BCUT2D eigenvalue weighted by atomic mass is 16.6. The molecule has 0 aromatic carbocycles. The summed E-state index contributed by atoms with van der Waals surface area (Å²) in [6, 6.07) is 0. The lowest BCUT2D eigenvalue weighted by atomic mass is 10.0. The Morgan fingerprint density at radius 1 is 0.273 bits per heavy atom. The van der Waals surface area contributed by atoms with Crippen molar-refractivity contribution in [3.63, 3.8) is 0 Å². The molecule has 0 saturated carbocycles. The second-order valence-electron chi connectivity index (χ2n) is 21.3. The van der Waals surface area contributed by atoms with Crippen LogP contribution in [0.5, 0.6) is 0 Å². The number of esters is 3. The number of rotatable bonds is 58. The minimum atomic E-state index is -0.806. The van der Waals surface area contributed by atoms with Gasteiger partial charge in [0.05, 0.1) is 0 Å². The van der Waals surface area contributed by atoms with E-state index in [9.17, 15) is 14.4 Å². The topological polar surface area (TPSA) is 78.9 Å². The van der Waals surface area contributed by atoms with Gasteiger partial charge in [-0.15, -0.1) is 0 Å². The molecular formula is C71H120O6. The Bertz CT molecular complexity index is 1560. The fourth-order valence-electron chi connectivity index (χ4n) is 8.95. The van der Waals surface area contributed by atoms with Gasteiger partial charge in [0.25, 0.3) is 0 Å². The van der Waals surface area contributed by atoms with Crippen LogP contribution in [0.25, 0.3) is 0 Å². The molecule has 0 bridgehead atoms. The molecule has 6 heteroatoms. The van der Waals surface area contributed by atoms with Gasteiger partial charge < -0.3 is 14.2 Å². The Kier molecular flexibility index (Phi) is 61.3. The van der Waals surface area contributed by atoms with Gasteiger partial charge in [-0.2, -0.15) is 0 Å². The van der Waals surface area contributed by atoms with Crippen LogP contribution in [0.3, 0.4) is 0 Å². The van der Waals surface area contributed by atoms with Crippen molar-refractivity contribution in [2.24, 2.45) is 0 Å². The second kappa shape index (κ2) is 64.6. The van der Waals surface area contributed by atoms with Gasteiger partial charge in [0, 0.05) is 19.3 Å². The van der Waals surface area contributed by atoms with E-state index in [0.29, 0.717) is 12.8 Å². The molecule has 0 aromatic heterocycles. The summed E-state index contributed by atoms with van der Waals surface area (Å²) in [6.45, 7) is 6.40. The number of allylic oxidation sites excluding steroid dienone is 18. The number of unbranched alkanes of at least 4 members (excludes halogenated alkanes) is 29. The maximum Gasteiger partial charge on any atom is 0.306 e. The highest BCUT2D eigenvalue weighted by Gasteiger charge is 2.19. The van der Waals surface area contributed by atoms with Crippen LogP contribution in [0.4, 0.5) is 0 Å². The zero-order chi connectivity index (χ0) is 55.7. The standard InChI is InChI=1S/C71H120O6/c1-4-7-10-13-16-19-22-25-28-30-32-33-34-35-36-37-39-40-43-46-49-52-55-58-61-64-70(73)76-67-68(66-75-69(72)63-60-57-54-51-48-45-42-27-24-21-18-15-12-9-6-3)77-71(74)65-62-59-56-53-50-47-44-41-38-31-29-26-23-20-17-14-11-8-5-2/h8-9,11-12,17-18,20-21,26-27,29-30,32,38,41-42,47,50,68H,4-7,10,13-16,19,22-25,28,31,33-37,39-40,43-46,48-49,51-67H2,1-3H3/b11-8-,12-9-,20-17-,21-18-,29-26-,32-30-,41-38-,42-27-,50-47-. The number of hydrogen-bond donors (Lipinski definition) is 0. The maximum atomic E-state index is 12.9. The third kappa shape index (κ3) is 62.8. The molecule has 1 atom stereocenters. The maximum absolute atomic E-state index is 12.9. The lowest BCUT2D eigenvalue weighted by Gasteiger charge is -2.18. The molecule has 0 spiro atoms. The molecule has 0 amide bonds. The van der Waals surface area contributed by atoms with Crippen molar-refractivity contribution in [2.45, 2.75) is 309 Å². The Morgan fingerprint density at radius 3 is 0.818 bits per heavy atom. The highest BCUT2D eigenvalue weighted by Crippen LogP contribution is 2.16. The summed E-state index contributed by atoms with van der Waals surface area (Å²) in [4.78, 5) is 38.3. The van der Waals surface area contributed by atoms with Crippen molar-refractivity contribution < 1.29 is 28.6 Å². The minimum Gasteiger partial charge on any atom is -0.462 e. The Balaban J connectivity index is 4.38. The Morgan fingerprint density at radius 2 is 0.506 bits per heavy atom. The molecule has 0 aliphatic rings. The van der Waals surface area contributed by atoms with Crippen LogP contribution < -0.4 is 0 Å². The van der Waals surface area contributed by atoms with Crippen LogP contribution in [0.1, 0.15) is 303 Å². The molecular weight excluding hydrogens is 949 g/mol. The lowest BCUT2D eigenvalue weighted by molar-refractivity contribution is -0.167. The summed E-state index contributed by atoms with van der Waals surface area (Å²) < 4.78 is 16.9. The van der Waals surface area contributed by atoms with Crippen molar-refractivity contribution in [1.29, 1.82) is 0 Å². The molecule has 1 unspecified atom stereocenters. The average molecular weight is 1070 g/mol. The zero-order valence-corrected chi connectivity index (χ0v) is 50.4. The summed E-state index contributed by atoms with van der Waals surface area (Å²) in [5, 5.41) is 0. The van der Waals surface area contributed by atoms with E-state index in [0.717, 1.165) is 135 Å². The smallest absolute Gasteiger partial charge is 0.306 e. The normalized spacial score (nSPS) is 12.8. The Labute approximate surface area is 476 Å². The first-order valence-corrected chi connectivity index (χ1v) is 32.4. The van der Waals surface area contributed by atoms with Gasteiger partial charge in [0.1, 0.15) is 13.2 Å². The zero-order valence-electron chi connectivity index (χ0n) is 50.4. The summed E-state index contributed by atoms with van der Waals surface area (Å²) >= 11 is 0. The predicted molar refractivity (Wildman–Crippen MR) is 334 cm³/mol. The van der Waals surface area contributed by atoms with E-state index >= 15 is 0 Å². The predicted octanol–water partition coefficient (Wildman–Crippen LogP) is 22.2. The van der Waals surface area contributed by atoms with Gasteiger partial charge in [-0.3, -0.25) is 14.4 Å². The number of carbonyl (C=O) groups is 3. The molecule has 0 aliphatic carbocycles. The molecule has 0 N–H and O–H groups in total. The second-order valence-corrected chi connectivity index (χ2v) is 21.3. The first-order chi connectivity index (χ1) is 38.0. The fourth-order valence-corrected chi connectivity index (χ4v) is 8.95. The molecule has 0 heterocycles. The van der Waals surface area contributed by atoms with E-state index in [2.05, 4.69) is 130 Å². The molecule has 0 fully saturated rings. The van der Waals surface area contributed by atoms with Gasteiger partial charge in [0.15, 0.2) is 6.10 Å². The Hall–Kier alpha value is -3.93. The van der Waals surface area contributed by atoms with Gasteiger partial charge in [-0.05, 0) is 122 Å². The summed E-state index contributed by atoms with van der Waals surface area (Å²) in [7, 11) is 0. The van der Waals surface area contributed by atoms with E-state index in [-0.39, 0.29) is 37.5 Å². The molecule has 0 saturated heterocycles. The minimum absolute atomic E-state index is 0.0975. The van der Waals surface area contributed by atoms with E-state index in [1.807, 2.05) is 0 Å². The van der Waals surface area contributed by atoms with Crippen LogP contribution >= 0.6 is 0 Å². The summed E-state index contributed by atoms with van der Waals surface area (Å²) in [5.74, 6) is -0.941. The molecule has 77 heavy (non-hydrogen) atoms. The number of carbonyl (C=O) groups excluding carboxylic acids is 3.